The summed E-state index contributed by atoms with van der Waals surface area (Å²) in [5.41, 5.74) is 5.96. The van der Waals surface area contributed by atoms with Crippen LogP contribution in [-0.2, 0) is 0 Å². The van der Waals surface area contributed by atoms with Gasteiger partial charge in [-0.1, -0.05) is 13.0 Å². The van der Waals surface area contributed by atoms with Gasteiger partial charge in [0.05, 0.1) is 0 Å². The van der Waals surface area contributed by atoms with Crippen molar-refractivity contribution in [2.75, 3.05) is 6.54 Å². The molecule has 1 unspecified atom stereocenters. The minimum absolute atomic E-state index is 0.0674. The van der Waals surface area contributed by atoms with E-state index in [0.29, 0.717) is 12.1 Å². The Labute approximate surface area is 76.6 Å². The SMILES string of the molecule is Cc1c(F)ccc(C(C)CN)c1F. The van der Waals surface area contributed by atoms with E-state index in [1.807, 2.05) is 6.92 Å². The van der Waals surface area contributed by atoms with Crippen LogP contribution in [0.4, 0.5) is 8.78 Å². The zero-order chi connectivity index (χ0) is 10.0. The fourth-order valence-corrected chi connectivity index (χ4v) is 1.19. The van der Waals surface area contributed by atoms with Crippen molar-refractivity contribution in [1.29, 1.82) is 0 Å². The van der Waals surface area contributed by atoms with Crippen LogP contribution in [-0.4, -0.2) is 6.54 Å². The first kappa shape index (κ1) is 10.1. The van der Waals surface area contributed by atoms with Crippen LogP contribution in [0.5, 0.6) is 0 Å². The summed E-state index contributed by atoms with van der Waals surface area (Å²) in [5, 5.41) is 0. The number of rotatable bonds is 2. The smallest absolute Gasteiger partial charge is 0.132 e. The van der Waals surface area contributed by atoms with Crippen LogP contribution in [0.15, 0.2) is 12.1 Å². The number of hydrogen-bond acceptors (Lipinski definition) is 1. The molecule has 13 heavy (non-hydrogen) atoms. The molecule has 0 fully saturated rings. The third-order valence-electron chi connectivity index (χ3n) is 2.23. The normalized spacial score (nSPS) is 13.0. The molecule has 0 spiro atoms. The van der Waals surface area contributed by atoms with Gasteiger partial charge in [-0.25, -0.2) is 8.78 Å². The minimum atomic E-state index is -0.509. The minimum Gasteiger partial charge on any atom is -0.330 e. The summed E-state index contributed by atoms with van der Waals surface area (Å²) in [6, 6.07) is 2.73. The lowest BCUT2D eigenvalue weighted by Crippen LogP contribution is -2.11. The first-order chi connectivity index (χ1) is 6.07. The molecule has 0 aliphatic rings. The topological polar surface area (TPSA) is 26.0 Å². The van der Waals surface area contributed by atoms with Crippen molar-refractivity contribution in [3.8, 4) is 0 Å². The van der Waals surface area contributed by atoms with Crippen molar-refractivity contribution in [2.24, 2.45) is 5.73 Å². The van der Waals surface area contributed by atoms with Gasteiger partial charge in [0.1, 0.15) is 11.6 Å². The average molecular weight is 185 g/mol. The van der Waals surface area contributed by atoms with Crippen molar-refractivity contribution in [3.05, 3.63) is 34.9 Å². The maximum Gasteiger partial charge on any atom is 0.132 e. The Hall–Kier alpha value is -0.960. The maximum absolute atomic E-state index is 13.4. The van der Waals surface area contributed by atoms with E-state index in [1.165, 1.54) is 19.1 Å². The average Bonchev–Trinajstić information content (AvgIpc) is 2.13. The molecular weight excluding hydrogens is 172 g/mol. The lowest BCUT2D eigenvalue weighted by atomic mass is 9.98. The van der Waals surface area contributed by atoms with Crippen LogP contribution in [0.25, 0.3) is 0 Å². The lowest BCUT2D eigenvalue weighted by Gasteiger charge is -2.11. The van der Waals surface area contributed by atoms with Gasteiger partial charge in [-0.3, -0.25) is 0 Å². The summed E-state index contributed by atoms with van der Waals surface area (Å²) in [6.45, 7) is 3.61. The molecule has 72 valence electrons. The molecule has 0 saturated heterocycles. The Bertz CT molecular complexity index is 310. The van der Waals surface area contributed by atoms with Crippen molar-refractivity contribution in [1.82, 2.24) is 0 Å². The molecule has 0 amide bonds. The molecular formula is C10H13F2N. The highest BCUT2D eigenvalue weighted by Gasteiger charge is 2.13. The number of hydrogen-bond donors (Lipinski definition) is 1. The second-order valence-electron chi connectivity index (χ2n) is 3.21. The Morgan fingerprint density at radius 1 is 1.38 bits per heavy atom. The van der Waals surface area contributed by atoms with Gasteiger partial charge >= 0.3 is 0 Å². The summed E-state index contributed by atoms with van der Waals surface area (Å²) in [4.78, 5) is 0. The van der Waals surface area contributed by atoms with E-state index in [0.717, 1.165) is 0 Å². The largest absolute Gasteiger partial charge is 0.330 e. The summed E-state index contributed by atoms with van der Waals surface area (Å²) < 4.78 is 26.3. The summed E-state index contributed by atoms with van der Waals surface area (Å²) >= 11 is 0. The quantitative estimate of drug-likeness (QED) is 0.751. The molecule has 0 aliphatic carbocycles. The Morgan fingerprint density at radius 2 is 2.00 bits per heavy atom. The highest BCUT2D eigenvalue weighted by Crippen LogP contribution is 2.22. The third kappa shape index (κ3) is 1.86. The molecule has 0 heterocycles. The molecule has 1 aromatic carbocycles. The monoisotopic (exact) mass is 185 g/mol. The third-order valence-corrected chi connectivity index (χ3v) is 2.23. The van der Waals surface area contributed by atoms with Crippen molar-refractivity contribution in [2.45, 2.75) is 19.8 Å². The van der Waals surface area contributed by atoms with E-state index in [1.54, 1.807) is 0 Å². The van der Waals surface area contributed by atoms with Gasteiger partial charge in [0.15, 0.2) is 0 Å². The number of nitrogens with two attached hydrogens (primary N) is 1. The lowest BCUT2D eigenvalue weighted by molar-refractivity contribution is 0.547. The van der Waals surface area contributed by atoms with Gasteiger partial charge in [0.2, 0.25) is 0 Å². The van der Waals surface area contributed by atoms with Crippen molar-refractivity contribution >= 4 is 0 Å². The second kappa shape index (κ2) is 3.83. The number of halogens is 2. The van der Waals surface area contributed by atoms with Crippen molar-refractivity contribution in [3.63, 3.8) is 0 Å². The van der Waals surface area contributed by atoms with Gasteiger partial charge in [-0.2, -0.15) is 0 Å². The Morgan fingerprint density at radius 3 is 2.54 bits per heavy atom. The molecule has 1 nitrogen and oxygen atoms in total. The molecule has 0 aliphatic heterocycles. The van der Waals surface area contributed by atoms with Crippen LogP contribution in [0.3, 0.4) is 0 Å². The van der Waals surface area contributed by atoms with E-state index < -0.39 is 11.6 Å². The van der Waals surface area contributed by atoms with E-state index in [4.69, 9.17) is 5.73 Å². The molecule has 1 aromatic rings. The molecule has 3 heteroatoms. The van der Waals surface area contributed by atoms with Gasteiger partial charge in [-0.05, 0) is 31.0 Å². The zero-order valence-corrected chi connectivity index (χ0v) is 7.77. The molecule has 0 aromatic heterocycles. The van der Waals surface area contributed by atoms with Gasteiger partial charge in [-0.15, -0.1) is 0 Å². The fourth-order valence-electron chi connectivity index (χ4n) is 1.19. The van der Waals surface area contributed by atoms with Gasteiger partial charge in [0.25, 0.3) is 0 Å². The Kier molecular flexibility index (Phi) is 2.98. The van der Waals surface area contributed by atoms with E-state index in [-0.39, 0.29) is 11.5 Å². The van der Waals surface area contributed by atoms with Gasteiger partial charge in [0, 0.05) is 5.56 Å². The molecule has 0 saturated carbocycles. The van der Waals surface area contributed by atoms with E-state index >= 15 is 0 Å². The summed E-state index contributed by atoms with van der Waals surface area (Å²) in [5.74, 6) is -1.05. The highest BCUT2D eigenvalue weighted by atomic mass is 19.1. The molecule has 1 rings (SSSR count). The van der Waals surface area contributed by atoms with Crippen LogP contribution in [0, 0.1) is 18.6 Å². The standard InChI is InChI=1S/C10H13F2N/c1-6(5-13)8-3-4-9(11)7(2)10(8)12/h3-4,6H,5,13H2,1-2H3. The van der Waals surface area contributed by atoms with Crippen LogP contribution < -0.4 is 5.73 Å². The zero-order valence-electron chi connectivity index (χ0n) is 7.77. The van der Waals surface area contributed by atoms with Crippen LogP contribution in [0.2, 0.25) is 0 Å². The highest BCUT2D eigenvalue weighted by molar-refractivity contribution is 5.29. The predicted octanol–water partition coefficient (Wildman–Crippen LogP) is 2.34. The molecule has 0 bridgehead atoms. The predicted molar refractivity (Wildman–Crippen MR) is 48.6 cm³/mol. The summed E-state index contributed by atoms with van der Waals surface area (Å²) in [7, 11) is 0. The van der Waals surface area contributed by atoms with Crippen molar-refractivity contribution < 1.29 is 8.78 Å². The van der Waals surface area contributed by atoms with Crippen LogP contribution in [0.1, 0.15) is 24.0 Å². The van der Waals surface area contributed by atoms with E-state index in [9.17, 15) is 8.78 Å². The maximum atomic E-state index is 13.4. The molecule has 0 radical (unpaired) electrons. The van der Waals surface area contributed by atoms with Gasteiger partial charge < -0.3 is 5.73 Å². The van der Waals surface area contributed by atoms with E-state index in [2.05, 4.69) is 0 Å². The Balaban J connectivity index is 3.18. The first-order valence-electron chi connectivity index (χ1n) is 4.22. The fraction of sp³-hybridized carbons (Fsp3) is 0.400. The summed E-state index contributed by atoms with van der Waals surface area (Å²) in [6.07, 6.45) is 0. The first-order valence-corrected chi connectivity index (χ1v) is 4.22. The van der Waals surface area contributed by atoms with Crippen LogP contribution >= 0.6 is 0 Å². The second-order valence-corrected chi connectivity index (χ2v) is 3.21. The molecule has 2 N–H and O–H groups in total. The number of benzene rings is 1. The molecule has 1 atom stereocenters.